The lowest BCUT2D eigenvalue weighted by molar-refractivity contribution is 0.284. The SMILES string of the molecule is c1cc(CN2CCCSCC2)c(CNC2CC2)o1. The number of hydrogen-bond acceptors (Lipinski definition) is 4. The molecule has 0 bridgehead atoms. The Morgan fingerprint density at radius 3 is 3.17 bits per heavy atom. The van der Waals surface area contributed by atoms with Gasteiger partial charge in [0.05, 0.1) is 12.8 Å². The number of furan rings is 1. The molecule has 0 amide bonds. The molecule has 1 aliphatic heterocycles. The van der Waals surface area contributed by atoms with Gasteiger partial charge in [0.1, 0.15) is 5.76 Å². The Morgan fingerprint density at radius 1 is 1.33 bits per heavy atom. The summed E-state index contributed by atoms with van der Waals surface area (Å²) >= 11 is 2.08. The molecule has 0 unspecified atom stereocenters. The number of nitrogens with zero attached hydrogens (tertiary/aromatic N) is 1. The summed E-state index contributed by atoms with van der Waals surface area (Å²) < 4.78 is 5.62. The van der Waals surface area contributed by atoms with Crippen molar-refractivity contribution in [1.29, 1.82) is 0 Å². The highest BCUT2D eigenvalue weighted by Gasteiger charge is 2.21. The van der Waals surface area contributed by atoms with Crippen molar-refractivity contribution in [2.75, 3.05) is 24.6 Å². The fourth-order valence-electron chi connectivity index (χ4n) is 2.38. The summed E-state index contributed by atoms with van der Waals surface area (Å²) in [6.45, 7) is 4.40. The Balaban J connectivity index is 1.55. The second kappa shape index (κ2) is 6.13. The minimum Gasteiger partial charge on any atom is -0.468 e. The number of thioether (sulfide) groups is 1. The predicted octanol–water partition coefficient (Wildman–Crippen LogP) is 2.47. The van der Waals surface area contributed by atoms with Crippen LogP contribution in [0.3, 0.4) is 0 Å². The molecular formula is C14H22N2OS. The molecule has 1 saturated carbocycles. The van der Waals surface area contributed by atoms with Crippen LogP contribution in [0.5, 0.6) is 0 Å². The van der Waals surface area contributed by atoms with Gasteiger partial charge in [-0.05, 0) is 37.6 Å². The van der Waals surface area contributed by atoms with E-state index in [0.29, 0.717) is 0 Å². The fraction of sp³-hybridized carbons (Fsp3) is 0.714. The smallest absolute Gasteiger partial charge is 0.122 e. The van der Waals surface area contributed by atoms with Gasteiger partial charge in [0.25, 0.3) is 0 Å². The molecule has 3 nitrogen and oxygen atoms in total. The Kier molecular flexibility index (Phi) is 4.28. The highest BCUT2D eigenvalue weighted by atomic mass is 32.2. The van der Waals surface area contributed by atoms with Crippen LogP contribution in [0, 0.1) is 0 Å². The zero-order valence-electron chi connectivity index (χ0n) is 10.9. The summed E-state index contributed by atoms with van der Waals surface area (Å²) in [5.74, 6) is 3.73. The van der Waals surface area contributed by atoms with Gasteiger partial charge in [-0.3, -0.25) is 4.90 Å². The van der Waals surface area contributed by atoms with E-state index in [1.54, 1.807) is 0 Å². The van der Waals surface area contributed by atoms with Crippen LogP contribution in [0.15, 0.2) is 16.7 Å². The zero-order valence-corrected chi connectivity index (χ0v) is 11.7. The molecule has 2 heterocycles. The maximum Gasteiger partial charge on any atom is 0.122 e. The first-order chi connectivity index (χ1) is 8.92. The lowest BCUT2D eigenvalue weighted by Crippen LogP contribution is -2.26. The van der Waals surface area contributed by atoms with E-state index in [2.05, 4.69) is 28.0 Å². The summed E-state index contributed by atoms with van der Waals surface area (Å²) in [5.41, 5.74) is 1.37. The number of nitrogens with one attached hydrogen (secondary N) is 1. The predicted molar refractivity (Wildman–Crippen MR) is 75.8 cm³/mol. The summed E-state index contributed by atoms with van der Waals surface area (Å²) in [4.78, 5) is 2.56. The van der Waals surface area contributed by atoms with Gasteiger partial charge in [0.15, 0.2) is 0 Å². The minimum absolute atomic E-state index is 0.748. The van der Waals surface area contributed by atoms with Crippen LogP contribution in [-0.4, -0.2) is 35.5 Å². The van der Waals surface area contributed by atoms with Crippen molar-refractivity contribution in [3.63, 3.8) is 0 Å². The van der Waals surface area contributed by atoms with Crippen LogP contribution in [0.4, 0.5) is 0 Å². The molecule has 1 aliphatic carbocycles. The molecule has 1 aromatic heterocycles. The summed E-state index contributed by atoms with van der Waals surface area (Å²) in [6.07, 6.45) is 5.82. The van der Waals surface area contributed by atoms with Crippen molar-refractivity contribution in [3.8, 4) is 0 Å². The van der Waals surface area contributed by atoms with Crippen molar-refractivity contribution < 1.29 is 4.42 Å². The van der Waals surface area contributed by atoms with E-state index in [1.807, 2.05) is 6.26 Å². The van der Waals surface area contributed by atoms with Gasteiger partial charge in [0.2, 0.25) is 0 Å². The lowest BCUT2D eigenvalue weighted by Gasteiger charge is -2.19. The first kappa shape index (κ1) is 12.6. The van der Waals surface area contributed by atoms with E-state index in [9.17, 15) is 0 Å². The van der Waals surface area contributed by atoms with Crippen LogP contribution in [0.25, 0.3) is 0 Å². The van der Waals surface area contributed by atoms with E-state index >= 15 is 0 Å². The van der Waals surface area contributed by atoms with Crippen LogP contribution in [0.1, 0.15) is 30.6 Å². The van der Waals surface area contributed by atoms with Gasteiger partial charge in [-0.2, -0.15) is 11.8 Å². The largest absolute Gasteiger partial charge is 0.468 e. The molecule has 0 spiro atoms. The molecular weight excluding hydrogens is 244 g/mol. The molecule has 4 heteroatoms. The normalized spacial score (nSPS) is 22.0. The summed E-state index contributed by atoms with van der Waals surface area (Å²) in [5, 5.41) is 3.53. The molecule has 0 radical (unpaired) electrons. The van der Waals surface area contributed by atoms with E-state index in [-0.39, 0.29) is 0 Å². The summed E-state index contributed by atoms with van der Waals surface area (Å²) in [6, 6.07) is 2.89. The topological polar surface area (TPSA) is 28.4 Å². The Bertz CT molecular complexity index is 368. The number of rotatable bonds is 5. The quantitative estimate of drug-likeness (QED) is 0.886. The van der Waals surface area contributed by atoms with Gasteiger partial charge in [-0.1, -0.05) is 0 Å². The zero-order chi connectivity index (χ0) is 12.2. The van der Waals surface area contributed by atoms with Crippen molar-refractivity contribution in [2.24, 2.45) is 0 Å². The first-order valence-corrected chi connectivity index (χ1v) is 8.16. The van der Waals surface area contributed by atoms with Gasteiger partial charge >= 0.3 is 0 Å². The molecule has 0 atom stereocenters. The van der Waals surface area contributed by atoms with Crippen LogP contribution < -0.4 is 5.32 Å². The lowest BCUT2D eigenvalue weighted by atomic mass is 10.2. The third kappa shape index (κ3) is 3.53. The molecule has 100 valence electrons. The highest BCUT2D eigenvalue weighted by Crippen LogP contribution is 2.21. The molecule has 2 fully saturated rings. The second-order valence-corrected chi connectivity index (χ2v) is 6.49. The van der Waals surface area contributed by atoms with Gasteiger partial charge in [-0.15, -0.1) is 0 Å². The molecule has 1 saturated heterocycles. The molecule has 2 aliphatic rings. The average Bonchev–Trinajstić information content (AvgIpc) is 3.14. The molecule has 1 N–H and O–H groups in total. The van der Waals surface area contributed by atoms with Crippen molar-refractivity contribution in [1.82, 2.24) is 10.2 Å². The third-order valence-electron chi connectivity index (χ3n) is 3.68. The van der Waals surface area contributed by atoms with Gasteiger partial charge < -0.3 is 9.73 Å². The third-order valence-corrected chi connectivity index (χ3v) is 4.72. The Labute approximate surface area is 113 Å². The van der Waals surface area contributed by atoms with Crippen LogP contribution >= 0.6 is 11.8 Å². The maximum atomic E-state index is 5.62. The first-order valence-electron chi connectivity index (χ1n) is 7.00. The molecule has 3 rings (SSSR count). The average molecular weight is 266 g/mol. The maximum absolute atomic E-state index is 5.62. The monoisotopic (exact) mass is 266 g/mol. The molecule has 1 aromatic rings. The standard InChI is InChI=1S/C14H22N2OS/c1-5-16(6-9-18-8-1)11-12-4-7-17-14(12)10-15-13-2-3-13/h4,7,13,15H,1-3,5-6,8-11H2. The van der Waals surface area contributed by atoms with E-state index in [1.165, 1.54) is 49.4 Å². The van der Waals surface area contributed by atoms with Crippen LogP contribution in [-0.2, 0) is 13.1 Å². The minimum atomic E-state index is 0.748. The van der Waals surface area contributed by atoms with Crippen molar-refractivity contribution in [3.05, 3.63) is 23.7 Å². The highest BCUT2D eigenvalue weighted by molar-refractivity contribution is 7.99. The Morgan fingerprint density at radius 2 is 2.28 bits per heavy atom. The van der Waals surface area contributed by atoms with Gasteiger partial charge in [0, 0.05) is 30.4 Å². The Hall–Kier alpha value is -0.450. The fourth-order valence-corrected chi connectivity index (χ4v) is 3.31. The van der Waals surface area contributed by atoms with Crippen molar-refractivity contribution in [2.45, 2.75) is 38.4 Å². The second-order valence-electron chi connectivity index (χ2n) is 5.27. The van der Waals surface area contributed by atoms with E-state index in [0.717, 1.165) is 24.9 Å². The van der Waals surface area contributed by atoms with Gasteiger partial charge in [-0.25, -0.2) is 0 Å². The number of hydrogen-bond donors (Lipinski definition) is 1. The molecule has 0 aromatic carbocycles. The summed E-state index contributed by atoms with van der Waals surface area (Å²) in [7, 11) is 0. The van der Waals surface area contributed by atoms with Crippen molar-refractivity contribution >= 4 is 11.8 Å². The van der Waals surface area contributed by atoms with Crippen LogP contribution in [0.2, 0.25) is 0 Å². The van der Waals surface area contributed by atoms with E-state index < -0.39 is 0 Å². The molecule has 18 heavy (non-hydrogen) atoms. The van der Waals surface area contributed by atoms with E-state index in [4.69, 9.17) is 4.42 Å².